The molecule has 0 spiro atoms. The summed E-state index contributed by atoms with van der Waals surface area (Å²) in [6, 6.07) is 3.28. The molecule has 0 saturated carbocycles. The molecule has 1 aliphatic carbocycles. The summed E-state index contributed by atoms with van der Waals surface area (Å²) < 4.78 is 44.2. The summed E-state index contributed by atoms with van der Waals surface area (Å²) in [7, 11) is 1.58. The number of benzene rings is 1. The van der Waals surface area contributed by atoms with E-state index in [0.29, 0.717) is 22.6 Å². The largest absolute Gasteiger partial charge is 0.494 e. The number of carbonyl (C=O) groups excluding carboxylic acids is 1. The molecule has 136 valence electrons. The van der Waals surface area contributed by atoms with Gasteiger partial charge in [0.25, 0.3) is 5.91 Å². The Morgan fingerprint density at radius 2 is 1.96 bits per heavy atom. The van der Waals surface area contributed by atoms with Crippen LogP contribution in [0.25, 0.3) is 11.6 Å². The number of anilines is 1. The first kappa shape index (κ1) is 16.8. The van der Waals surface area contributed by atoms with Crippen LogP contribution in [-0.4, -0.2) is 18.0 Å². The van der Waals surface area contributed by atoms with Gasteiger partial charge >= 0.3 is 6.18 Å². The Balaban J connectivity index is 1.78. The standard InChI is InChI=1S/C19H17F3N2O2/c1-26-17-12-4-2-3-5-14(12)23-16(17)9-13-11-7-6-10(19(20,21)22)8-15(11)24-18(13)25/h6-9,23H,2-5H2,1H3,(H,24,25). The average Bonchev–Trinajstić information content (AvgIpc) is 3.11. The van der Waals surface area contributed by atoms with Gasteiger partial charge in [0, 0.05) is 22.5 Å². The lowest BCUT2D eigenvalue weighted by atomic mass is 9.97. The summed E-state index contributed by atoms with van der Waals surface area (Å²) in [5.41, 5.74) is 3.07. The monoisotopic (exact) mass is 362 g/mol. The molecule has 7 heteroatoms. The predicted molar refractivity (Wildman–Crippen MR) is 91.9 cm³/mol. The molecular weight excluding hydrogens is 345 g/mol. The van der Waals surface area contributed by atoms with Crippen molar-refractivity contribution in [1.82, 2.24) is 4.98 Å². The summed E-state index contributed by atoms with van der Waals surface area (Å²) >= 11 is 0. The number of alkyl halides is 3. The number of carbonyl (C=O) groups is 1. The second-order valence-electron chi connectivity index (χ2n) is 6.51. The van der Waals surface area contributed by atoms with Crippen LogP contribution in [0.5, 0.6) is 5.75 Å². The van der Waals surface area contributed by atoms with Gasteiger partial charge < -0.3 is 15.0 Å². The van der Waals surface area contributed by atoms with Crippen LogP contribution in [0, 0.1) is 0 Å². The van der Waals surface area contributed by atoms with E-state index < -0.39 is 17.6 Å². The van der Waals surface area contributed by atoms with Gasteiger partial charge in [0.2, 0.25) is 0 Å². The molecular formula is C19H17F3N2O2. The predicted octanol–water partition coefficient (Wildman–Crippen LogP) is 4.41. The maximum absolute atomic E-state index is 12.9. The number of nitrogens with one attached hydrogen (secondary N) is 2. The van der Waals surface area contributed by atoms with Crippen molar-refractivity contribution in [2.75, 3.05) is 12.4 Å². The summed E-state index contributed by atoms with van der Waals surface area (Å²) in [6.45, 7) is 0. The van der Waals surface area contributed by atoms with Crippen molar-refractivity contribution >= 4 is 23.2 Å². The van der Waals surface area contributed by atoms with Gasteiger partial charge in [-0.1, -0.05) is 6.07 Å². The minimum absolute atomic E-state index is 0.173. The number of aryl methyl sites for hydroxylation is 1. The first-order chi connectivity index (χ1) is 12.4. The summed E-state index contributed by atoms with van der Waals surface area (Å²) in [4.78, 5) is 15.6. The van der Waals surface area contributed by atoms with Crippen molar-refractivity contribution in [3.8, 4) is 5.75 Å². The van der Waals surface area contributed by atoms with Gasteiger partial charge in [-0.25, -0.2) is 0 Å². The first-order valence-corrected chi connectivity index (χ1v) is 8.41. The maximum Gasteiger partial charge on any atom is 0.416 e. The molecule has 0 atom stereocenters. The Kier molecular flexibility index (Phi) is 3.82. The fourth-order valence-corrected chi connectivity index (χ4v) is 3.67. The number of hydrogen-bond donors (Lipinski definition) is 2. The quantitative estimate of drug-likeness (QED) is 0.778. The average molecular weight is 362 g/mol. The molecule has 1 aromatic carbocycles. The number of aromatic nitrogens is 1. The number of fused-ring (bicyclic) bond motifs is 2. The molecule has 0 bridgehead atoms. The Morgan fingerprint density at radius 3 is 2.69 bits per heavy atom. The molecule has 1 aliphatic heterocycles. The van der Waals surface area contributed by atoms with Gasteiger partial charge in [0.1, 0.15) is 5.75 Å². The fourth-order valence-electron chi connectivity index (χ4n) is 3.67. The lowest BCUT2D eigenvalue weighted by Gasteiger charge is -2.11. The van der Waals surface area contributed by atoms with Crippen LogP contribution in [0.2, 0.25) is 0 Å². The van der Waals surface area contributed by atoms with E-state index >= 15 is 0 Å². The van der Waals surface area contributed by atoms with E-state index in [1.54, 1.807) is 13.2 Å². The van der Waals surface area contributed by atoms with Crippen molar-refractivity contribution < 1.29 is 22.7 Å². The fraction of sp³-hybridized carbons (Fsp3) is 0.316. The van der Waals surface area contributed by atoms with Crippen LogP contribution >= 0.6 is 0 Å². The Bertz CT molecular complexity index is 926. The van der Waals surface area contributed by atoms with Crippen molar-refractivity contribution in [3.05, 3.63) is 46.3 Å². The highest BCUT2D eigenvalue weighted by Gasteiger charge is 2.34. The number of halogens is 3. The molecule has 0 saturated heterocycles. The van der Waals surface area contributed by atoms with Crippen molar-refractivity contribution in [2.45, 2.75) is 31.9 Å². The zero-order chi connectivity index (χ0) is 18.5. The van der Waals surface area contributed by atoms with Gasteiger partial charge in [-0.05, 0) is 43.9 Å². The highest BCUT2D eigenvalue weighted by atomic mass is 19.4. The smallest absolute Gasteiger partial charge is 0.416 e. The minimum Gasteiger partial charge on any atom is -0.494 e. The molecule has 2 aromatic rings. The number of hydrogen-bond acceptors (Lipinski definition) is 2. The van der Waals surface area contributed by atoms with Gasteiger partial charge in [-0.2, -0.15) is 13.2 Å². The molecule has 26 heavy (non-hydrogen) atoms. The Hall–Kier alpha value is -2.70. The second-order valence-corrected chi connectivity index (χ2v) is 6.51. The van der Waals surface area contributed by atoms with E-state index in [4.69, 9.17) is 4.74 Å². The molecule has 0 unspecified atom stereocenters. The highest BCUT2D eigenvalue weighted by molar-refractivity contribution is 6.35. The first-order valence-electron chi connectivity index (χ1n) is 8.41. The van der Waals surface area contributed by atoms with E-state index in [9.17, 15) is 18.0 Å². The molecule has 1 aromatic heterocycles. The van der Waals surface area contributed by atoms with Crippen molar-refractivity contribution in [1.29, 1.82) is 0 Å². The highest BCUT2D eigenvalue weighted by Crippen LogP contribution is 2.40. The van der Waals surface area contributed by atoms with Crippen molar-refractivity contribution in [2.24, 2.45) is 0 Å². The van der Waals surface area contributed by atoms with Gasteiger partial charge in [-0.3, -0.25) is 4.79 Å². The summed E-state index contributed by atoms with van der Waals surface area (Å²) in [5.74, 6) is 0.286. The normalized spacial score (nSPS) is 17.8. The third-order valence-corrected chi connectivity index (χ3v) is 4.89. The van der Waals surface area contributed by atoms with Crippen LogP contribution in [-0.2, 0) is 23.8 Å². The van der Waals surface area contributed by atoms with Gasteiger partial charge in [0.15, 0.2) is 0 Å². The van der Waals surface area contributed by atoms with Crippen LogP contribution in [0.3, 0.4) is 0 Å². The van der Waals surface area contributed by atoms with E-state index in [1.807, 2.05) is 0 Å². The molecule has 2 N–H and O–H groups in total. The van der Waals surface area contributed by atoms with Crippen LogP contribution in [0.1, 0.15) is 40.9 Å². The van der Waals surface area contributed by atoms with Crippen LogP contribution in [0.4, 0.5) is 18.9 Å². The molecule has 4 rings (SSSR count). The molecule has 0 fully saturated rings. The number of methoxy groups -OCH3 is 1. The Labute approximate surface area is 148 Å². The number of aromatic amines is 1. The maximum atomic E-state index is 12.9. The molecule has 2 heterocycles. The number of amides is 1. The summed E-state index contributed by atoms with van der Waals surface area (Å²) in [6.07, 6.45) is 1.22. The zero-order valence-corrected chi connectivity index (χ0v) is 14.1. The molecule has 1 amide bonds. The lowest BCUT2D eigenvalue weighted by molar-refractivity contribution is -0.137. The SMILES string of the molecule is COc1c(C=C2C(=O)Nc3cc(C(F)(F)F)ccc32)[nH]c2c1CCCC2. The molecule has 0 radical (unpaired) electrons. The minimum atomic E-state index is -4.45. The van der Waals surface area contributed by atoms with Crippen LogP contribution < -0.4 is 10.1 Å². The molecule has 4 nitrogen and oxygen atoms in total. The van der Waals surface area contributed by atoms with E-state index in [-0.39, 0.29) is 5.69 Å². The van der Waals surface area contributed by atoms with Crippen LogP contribution in [0.15, 0.2) is 18.2 Å². The second kappa shape index (κ2) is 5.93. The third-order valence-electron chi connectivity index (χ3n) is 4.89. The number of H-pyrrole nitrogens is 1. The van der Waals surface area contributed by atoms with E-state index in [0.717, 1.165) is 49.1 Å². The van der Waals surface area contributed by atoms with Crippen molar-refractivity contribution in [3.63, 3.8) is 0 Å². The number of rotatable bonds is 2. The Morgan fingerprint density at radius 1 is 1.19 bits per heavy atom. The number of ether oxygens (including phenoxy) is 1. The van der Waals surface area contributed by atoms with E-state index in [2.05, 4.69) is 10.3 Å². The third kappa shape index (κ3) is 2.67. The molecule has 2 aliphatic rings. The summed E-state index contributed by atoms with van der Waals surface area (Å²) in [5, 5.41) is 2.52. The lowest BCUT2D eigenvalue weighted by Crippen LogP contribution is -2.06. The van der Waals surface area contributed by atoms with Gasteiger partial charge in [0.05, 0.1) is 23.9 Å². The zero-order valence-electron chi connectivity index (χ0n) is 14.1. The van der Waals surface area contributed by atoms with Gasteiger partial charge in [-0.15, -0.1) is 0 Å². The van der Waals surface area contributed by atoms with E-state index in [1.165, 1.54) is 6.07 Å². The topological polar surface area (TPSA) is 54.1 Å².